The molecule has 9 heteroatoms. The Bertz CT molecular complexity index is 916. The molecule has 0 radical (unpaired) electrons. The van der Waals surface area contributed by atoms with E-state index in [4.69, 9.17) is 25.8 Å². The molecule has 0 aliphatic carbocycles. The molecule has 3 rings (SSSR count). The third kappa shape index (κ3) is 4.74. The van der Waals surface area contributed by atoms with E-state index in [0.717, 1.165) is 0 Å². The molecule has 0 atom stereocenters. The predicted octanol–water partition coefficient (Wildman–Crippen LogP) is 4.34. The predicted molar refractivity (Wildman–Crippen MR) is 101 cm³/mol. The Morgan fingerprint density at radius 2 is 1.36 bits per heavy atom. The molecule has 28 heavy (non-hydrogen) atoms. The van der Waals surface area contributed by atoms with Gasteiger partial charge in [-0.3, -0.25) is 0 Å². The van der Waals surface area contributed by atoms with Crippen LogP contribution in [0.4, 0.5) is 15.5 Å². The highest BCUT2D eigenvalue weighted by atomic mass is 35.5. The molecular weight excluding hydrogens is 386 g/mol. The lowest BCUT2D eigenvalue weighted by Crippen LogP contribution is -2.42. The van der Waals surface area contributed by atoms with Crippen molar-refractivity contribution in [1.29, 1.82) is 0 Å². The highest BCUT2D eigenvalue weighted by molar-refractivity contribution is 6.29. The van der Waals surface area contributed by atoms with Crippen molar-refractivity contribution in [2.75, 3.05) is 12.0 Å². The molecule has 0 bridgehead atoms. The van der Waals surface area contributed by atoms with Gasteiger partial charge in [-0.15, -0.1) is 4.90 Å². The molecule has 2 amide bonds. The molecule has 3 aromatic rings. The minimum atomic E-state index is -1.07. The maximum absolute atomic E-state index is 12.7. The average Bonchev–Trinajstić information content (AvgIpc) is 2.69. The first kappa shape index (κ1) is 19.1. The van der Waals surface area contributed by atoms with Crippen molar-refractivity contribution in [3.8, 4) is 17.4 Å². The number of carbonyl (C=O) groups is 2. The van der Waals surface area contributed by atoms with Crippen molar-refractivity contribution >= 4 is 29.7 Å². The third-order valence-electron chi connectivity index (χ3n) is 3.33. The summed E-state index contributed by atoms with van der Waals surface area (Å²) in [4.78, 5) is 33.8. The fourth-order valence-corrected chi connectivity index (χ4v) is 2.27. The lowest BCUT2D eigenvalue weighted by atomic mass is 10.3. The van der Waals surface area contributed by atoms with E-state index in [1.165, 1.54) is 13.2 Å². The van der Waals surface area contributed by atoms with Crippen molar-refractivity contribution in [3.63, 3.8) is 0 Å². The van der Waals surface area contributed by atoms with Crippen LogP contribution in [-0.2, 0) is 0 Å². The Hall–Kier alpha value is -3.65. The second-order valence-electron chi connectivity index (χ2n) is 5.23. The fraction of sp³-hybridized carbons (Fsp3) is 0.0526. The summed E-state index contributed by atoms with van der Waals surface area (Å²) in [5.41, 5.74) is 0. The van der Waals surface area contributed by atoms with Gasteiger partial charge in [-0.05, 0) is 24.3 Å². The van der Waals surface area contributed by atoms with Gasteiger partial charge in [0.05, 0.1) is 7.11 Å². The highest BCUT2D eigenvalue weighted by Crippen LogP contribution is 2.22. The van der Waals surface area contributed by atoms with Crippen LogP contribution in [0.5, 0.6) is 17.4 Å². The number of aromatic nitrogens is 2. The number of nitrogens with zero attached hydrogens (tertiary/aromatic N) is 3. The third-order valence-corrected chi connectivity index (χ3v) is 3.52. The van der Waals surface area contributed by atoms with Gasteiger partial charge in [-0.2, -0.15) is 9.97 Å². The van der Waals surface area contributed by atoms with E-state index in [2.05, 4.69) is 9.97 Å². The zero-order chi connectivity index (χ0) is 19.9. The molecule has 0 aliphatic rings. The quantitative estimate of drug-likeness (QED) is 0.602. The number of benzene rings is 2. The van der Waals surface area contributed by atoms with Gasteiger partial charge < -0.3 is 14.2 Å². The summed E-state index contributed by atoms with van der Waals surface area (Å²) >= 11 is 5.94. The summed E-state index contributed by atoms with van der Waals surface area (Å²) in [6.45, 7) is 0. The maximum Gasteiger partial charge on any atom is 0.432 e. The van der Waals surface area contributed by atoms with E-state index >= 15 is 0 Å². The standard InChI is InChI=1S/C19H14ClN3O5/c1-26-16-12-15(20)21-17(22-16)23(18(24)27-13-8-4-2-5-9-13)19(25)28-14-10-6-3-7-11-14/h2-12H,1H3. The van der Waals surface area contributed by atoms with Crippen molar-refractivity contribution in [3.05, 3.63) is 71.9 Å². The molecule has 142 valence electrons. The summed E-state index contributed by atoms with van der Waals surface area (Å²) in [6, 6.07) is 17.7. The highest BCUT2D eigenvalue weighted by Gasteiger charge is 2.31. The van der Waals surface area contributed by atoms with Crippen LogP contribution in [0, 0.1) is 0 Å². The van der Waals surface area contributed by atoms with Gasteiger partial charge in [0.1, 0.15) is 16.7 Å². The van der Waals surface area contributed by atoms with Gasteiger partial charge in [0.2, 0.25) is 11.8 Å². The molecule has 0 unspecified atom stereocenters. The zero-order valence-electron chi connectivity index (χ0n) is 14.6. The first-order valence-corrected chi connectivity index (χ1v) is 8.37. The summed E-state index contributed by atoms with van der Waals surface area (Å²) in [5.74, 6) is 0.143. The molecule has 0 aliphatic heterocycles. The number of hydrogen-bond acceptors (Lipinski definition) is 7. The minimum Gasteiger partial charge on any atom is -0.481 e. The molecule has 1 heterocycles. The summed E-state index contributed by atoms with van der Waals surface area (Å²) in [5, 5.41) is -0.0353. The summed E-state index contributed by atoms with van der Waals surface area (Å²) in [7, 11) is 1.36. The Morgan fingerprint density at radius 1 is 0.857 bits per heavy atom. The lowest BCUT2D eigenvalue weighted by molar-refractivity contribution is 0.190. The maximum atomic E-state index is 12.7. The SMILES string of the molecule is COc1cc(Cl)nc(N(C(=O)Oc2ccccc2)C(=O)Oc2ccccc2)n1. The van der Waals surface area contributed by atoms with Gasteiger partial charge >= 0.3 is 12.2 Å². The Kier molecular flexibility index (Phi) is 6.03. The molecule has 2 aromatic carbocycles. The van der Waals surface area contributed by atoms with Crippen molar-refractivity contribution in [2.24, 2.45) is 0 Å². The Balaban J connectivity index is 1.94. The number of imide groups is 1. The monoisotopic (exact) mass is 399 g/mol. The Morgan fingerprint density at radius 3 is 1.82 bits per heavy atom. The van der Waals surface area contributed by atoms with E-state index in [1.54, 1.807) is 60.7 Å². The smallest absolute Gasteiger partial charge is 0.432 e. The number of carbonyl (C=O) groups excluding carboxylic acids is 2. The van der Waals surface area contributed by atoms with Crippen LogP contribution in [0.25, 0.3) is 0 Å². The van der Waals surface area contributed by atoms with Crippen LogP contribution < -0.4 is 19.1 Å². The number of anilines is 1. The van der Waals surface area contributed by atoms with Crippen molar-refractivity contribution in [2.45, 2.75) is 0 Å². The number of hydrogen-bond donors (Lipinski definition) is 0. The van der Waals surface area contributed by atoms with Crippen LogP contribution >= 0.6 is 11.6 Å². The second-order valence-corrected chi connectivity index (χ2v) is 5.62. The summed E-state index contributed by atoms with van der Waals surface area (Å²) in [6.07, 6.45) is -2.15. The molecule has 0 fully saturated rings. The van der Waals surface area contributed by atoms with Crippen LogP contribution in [-0.4, -0.2) is 29.3 Å². The van der Waals surface area contributed by atoms with Crippen LogP contribution in [0.2, 0.25) is 5.15 Å². The molecule has 0 saturated carbocycles. The largest absolute Gasteiger partial charge is 0.481 e. The van der Waals surface area contributed by atoms with Gasteiger partial charge in [-0.1, -0.05) is 48.0 Å². The first-order valence-electron chi connectivity index (χ1n) is 7.99. The second kappa shape index (κ2) is 8.83. The topological polar surface area (TPSA) is 90.8 Å². The molecular formula is C19H14ClN3O5. The summed E-state index contributed by atoms with van der Waals surface area (Å²) < 4.78 is 15.5. The number of halogens is 1. The van der Waals surface area contributed by atoms with Crippen molar-refractivity contribution < 1.29 is 23.8 Å². The zero-order valence-corrected chi connectivity index (χ0v) is 15.4. The van der Waals surface area contributed by atoms with Gasteiger partial charge in [-0.25, -0.2) is 9.59 Å². The molecule has 0 N–H and O–H groups in total. The van der Waals surface area contributed by atoms with Gasteiger partial charge in [0.25, 0.3) is 0 Å². The van der Waals surface area contributed by atoms with Gasteiger partial charge in [0, 0.05) is 6.07 Å². The first-order chi connectivity index (χ1) is 13.6. The molecule has 0 saturated heterocycles. The van der Waals surface area contributed by atoms with E-state index < -0.39 is 12.2 Å². The Labute approximate surface area is 165 Å². The van der Waals surface area contributed by atoms with Crippen molar-refractivity contribution in [1.82, 2.24) is 9.97 Å². The van der Waals surface area contributed by atoms with E-state index in [0.29, 0.717) is 4.90 Å². The van der Waals surface area contributed by atoms with Gasteiger partial charge in [0.15, 0.2) is 0 Å². The van der Waals surface area contributed by atoms with Crippen LogP contribution in [0.1, 0.15) is 0 Å². The molecule has 0 spiro atoms. The molecule has 1 aromatic heterocycles. The van der Waals surface area contributed by atoms with E-state index in [-0.39, 0.29) is 28.5 Å². The normalized spacial score (nSPS) is 10.1. The number of amides is 2. The van der Waals surface area contributed by atoms with Crippen LogP contribution in [0.15, 0.2) is 66.7 Å². The number of para-hydroxylation sites is 2. The number of methoxy groups -OCH3 is 1. The van der Waals surface area contributed by atoms with E-state index in [1.807, 2.05) is 0 Å². The lowest BCUT2D eigenvalue weighted by Gasteiger charge is -2.18. The van der Waals surface area contributed by atoms with E-state index in [9.17, 15) is 9.59 Å². The molecule has 8 nitrogen and oxygen atoms in total. The number of rotatable bonds is 4. The minimum absolute atomic E-state index is 0.0353. The average molecular weight is 400 g/mol. The van der Waals surface area contributed by atoms with Crippen LogP contribution in [0.3, 0.4) is 0 Å². The fourth-order valence-electron chi connectivity index (χ4n) is 2.10. The number of ether oxygens (including phenoxy) is 3.